The molecule has 0 spiro atoms. The van der Waals surface area contributed by atoms with E-state index in [9.17, 15) is 19.8 Å². The lowest BCUT2D eigenvalue weighted by atomic mass is 9.93. The molecule has 7 nitrogen and oxygen atoms in total. The Balaban J connectivity index is 1.57. The molecule has 0 aromatic heterocycles. The zero-order valence-electron chi connectivity index (χ0n) is 14.4. The molecule has 3 amide bonds. The number of nitrogens with zero attached hydrogens (tertiary/aromatic N) is 2. The average Bonchev–Trinajstić information content (AvgIpc) is 3.05. The molecule has 3 rings (SSSR count). The number of carbonyl (C=O) groups excluding carboxylic acids is 2. The number of nitrogens with one attached hydrogen (secondary N) is 1. The lowest BCUT2D eigenvalue weighted by molar-refractivity contribution is -0.120. The van der Waals surface area contributed by atoms with E-state index in [4.69, 9.17) is 0 Å². The molecule has 2 aliphatic heterocycles. The van der Waals surface area contributed by atoms with Crippen LogP contribution < -0.4 is 10.2 Å². The van der Waals surface area contributed by atoms with Gasteiger partial charge in [-0.15, -0.1) is 0 Å². The Morgan fingerprint density at radius 2 is 1.92 bits per heavy atom. The molecular formula is C18H25N3O4. The highest BCUT2D eigenvalue weighted by molar-refractivity contribution is 6.00. The van der Waals surface area contributed by atoms with Gasteiger partial charge < -0.3 is 25.3 Å². The minimum absolute atomic E-state index is 0.123. The van der Waals surface area contributed by atoms with E-state index in [2.05, 4.69) is 5.32 Å². The normalized spacial score (nSPS) is 20.1. The van der Waals surface area contributed by atoms with Crippen LogP contribution in [0.3, 0.4) is 0 Å². The summed E-state index contributed by atoms with van der Waals surface area (Å²) < 4.78 is 0. The summed E-state index contributed by atoms with van der Waals surface area (Å²) in [5, 5.41) is 21.9. The fraction of sp³-hybridized carbons (Fsp3) is 0.556. The standard InChI is InChI=1S/C18H25N3O4/c1-13(16(23)21-9-6-14-4-2-3-5-15(14)21)19-17(24)20-10-7-18(25,12-22)8-11-20/h2-5,13,22,25H,6-12H2,1H3,(H,19,24). The van der Waals surface area contributed by atoms with Gasteiger partial charge in [0.15, 0.2) is 0 Å². The fourth-order valence-electron chi connectivity index (χ4n) is 3.42. The summed E-state index contributed by atoms with van der Waals surface area (Å²) in [5.41, 5.74) is 0.963. The van der Waals surface area contributed by atoms with Gasteiger partial charge in [0.2, 0.25) is 5.91 Å². The van der Waals surface area contributed by atoms with Gasteiger partial charge in [0.05, 0.1) is 12.2 Å². The largest absolute Gasteiger partial charge is 0.393 e. The van der Waals surface area contributed by atoms with Gasteiger partial charge in [0.25, 0.3) is 0 Å². The minimum atomic E-state index is -1.10. The van der Waals surface area contributed by atoms with Gasteiger partial charge in [-0.05, 0) is 37.8 Å². The van der Waals surface area contributed by atoms with Crippen LogP contribution in [0.15, 0.2) is 24.3 Å². The number of amides is 3. The number of para-hydroxylation sites is 1. The molecule has 1 aromatic rings. The molecule has 1 saturated heterocycles. The molecule has 0 aliphatic carbocycles. The average molecular weight is 347 g/mol. The van der Waals surface area contributed by atoms with E-state index in [0.29, 0.717) is 32.5 Å². The smallest absolute Gasteiger partial charge is 0.318 e. The summed E-state index contributed by atoms with van der Waals surface area (Å²) in [5.74, 6) is -0.123. The molecule has 1 aromatic carbocycles. The van der Waals surface area contributed by atoms with Gasteiger partial charge in [0, 0.05) is 25.3 Å². The third-order valence-electron chi connectivity index (χ3n) is 5.14. The minimum Gasteiger partial charge on any atom is -0.393 e. The van der Waals surface area contributed by atoms with Gasteiger partial charge in [-0.25, -0.2) is 4.79 Å². The van der Waals surface area contributed by atoms with Crippen molar-refractivity contribution in [3.05, 3.63) is 29.8 Å². The number of aliphatic hydroxyl groups excluding tert-OH is 1. The SMILES string of the molecule is CC(NC(=O)N1CCC(O)(CO)CC1)C(=O)N1CCc2ccccc21. The Bertz CT molecular complexity index is 655. The van der Waals surface area contributed by atoms with E-state index in [1.165, 1.54) is 0 Å². The summed E-state index contributed by atoms with van der Waals surface area (Å²) in [6, 6.07) is 6.87. The number of piperidine rings is 1. The maximum absolute atomic E-state index is 12.7. The number of rotatable bonds is 3. The molecule has 2 aliphatic rings. The zero-order chi connectivity index (χ0) is 18.0. The maximum Gasteiger partial charge on any atom is 0.318 e. The van der Waals surface area contributed by atoms with Crippen LogP contribution >= 0.6 is 0 Å². The van der Waals surface area contributed by atoms with E-state index < -0.39 is 11.6 Å². The van der Waals surface area contributed by atoms with Crippen LogP contribution in [-0.2, 0) is 11.2 Å². The van der Waals surface area contributed by atoms with Gasteiger partial charge in [-0.1, -0.05) is 18.2 Å². The quantitative estimate of drug-likeness (QED) is 0.742. The number of hydrogen-bond acceptors (Lipinski definition) is 4. The third-order valence-corrected chi connectivity index (χ3v) is 5.14. The van der Waals surface area contributed by atoms with Crippen LogP contribution in [0.1, 0.15) is 25.3 Å². The number of likely N-dealkylation sites (tertiary alicyclic amines) is 1. The third kappa shape index (κ3) is 3.62. The maximum atomic E-state index is 12.7. The number of carbonyl (C=O) groups is 2. The lowest BCUT2D eigenvalue weighted by Crippen LogP contribution is -2.55. The Kier molecular flexibility index (Phi) is 4.96. The second-order valence-electron chi connectivity index (χ2n) is 6.91. The van der Waals surface area contributed by atoms with Crippen molar-refractivity contribution in [2.45, 2.75) is 37.8 Å². The Morgan fingerprint density at radius 3 is 2.60 bits per heavy atom. The molecule has 0 bridgehead atoms. The van der Waals surface area contributed by atoms with Crippen molar-refractivity contribution >= 4 is 17.6 Å². The molecule has 25 heavy (non-hydrogen) atoms. The fourth-order valence-corrected chi connectivity index (χ4v) is 3.42. The highest BCUT2D eigenvalue weighted by Gasteiger charge is 2.34. The number of fused-ring (bicyclic) bond motifs is 1. The summed E-state index contributed by atoms with van der Waals surface area (Å²) in [7, 11) is 0. The predicted molar refractivity (Wildman–Crippen MR) is 93.3 cm³/mol. The Labute approximate surface area is 147 Å². The van der Waals surface area contributed by atoms with Crippen molar-refractivity contribution < 1.29 is 19.8 Å². The molecule has 136 valence electrons. The van der Waals surface area contributed by atoms with Crippen LogP contribution in [0.25, 0.3) is 0 Å². The van der Waals surface area contributed by atoms with Crippen molar-refractivity contribution in [1.29, 1.82) is 0 Å². The molecular weight excluding hydrogens is 322 g/mol. The molecule has 0 saturated carbocycles. The number of hydrogen-bond donors (Lipinski definition) is 3. The topological polar surface area (TPSA) is 93.1 Å². The van der Waals surface area contributed by atoms with Crippen LogP contribution in [0.2, 0.25) is 0 Å². The van der Waals surface area contributed by atoms with Crippen molar-refractivity contribution in [2.24, 2.45) is 0 Å². The second-order valence-corrected chi connectivity index (χ2v) is 6.91. The van der Waals surface area contributed by atoms with Crippen molar-refractivity contribution in [3.63, 3.8) is 0 Å². The highest BCUT2D eigenvalue weighted by Crippen LogP contribution is 2.28. The monoisotopic (exact) mass is 347 g/mol. The number of aliphatic hydroxyl groups is 2. The van der Waals surface area contributed by atoms with Crippen LogP contribution in [0, 0.1) is 0 Å². The van der Waals surface area contributed by atoms with Gasteiger partial charge in [-0.2, -0.15) is 0 Å². The Hall–Kier alpha value is -2.12. The number of benzene rings is 1. The molecule has 1 unspecified atom stereocenters. The van der Waals surface area contributed by atoms with Gasteiger partial charge >= 0.3 is 6.03 Å². The number of anilines is 1. The predicted octanol–water partition coefficient (Wildman–Crippen LogP) is 0.493. The molecule has 2 heterocycles. The van der Waals surface area contributed by atoms with E-state index in [0.717, 1.165) is 17.7 Å². The Morgan fingerprint density at radius 1 is 1.24 bits per heavy atom. The first-order chi connectivity index (χ1) is 11.9. The molecule has 3 N–H and O–H groups in total. The summed E-state index contributed by atoms with van der Waals surface area (Å²) in [6.07, 6.45) is 1.49. The van der Waals surface area contributed by atoms with E-state index in [-0.39, 0.29) is 18.5 Å². The first kappa shape index (κ1) is 17.7. The summed E-state index contributed by atoms with van der Waals surface area (Å²) in [4.78, 5) is 28.4. The van der Waals surface area contributed by atoms with E-state index in [1.54, 1.807) is 16.7 Å². The van der Waals surface area contributed by atoms with Crippen molar-refractivity contribution in [1.82, 2.24) is 10.2 Å². The molecule has 1 atom stereocenters. The number of urea groups is 1. The van der Waals surface area contributed by atoms with Crippen LogP contribution in [0.5, 0.6) is 0 Å². The summed E-state index contributed by atoms with van der Waals surface area (Å²) in [6.45, 7) is 2.74. The van der Waals surface area contributed by atoms with Gasteiger partial charge in [-0.3, -0.25) is 4.79 Å². The van der Waals surface area contributed by atoms with Gasteiger partial charge in [0.1, 0.15) is 6.04 Å². The second kappa shape index (κ2) is 7.01. The van der Waals surface area contributed by atoms with E-state index in [1.807, 2.05) is 24.3 Å². The lowest BCUT2D eigenvalue weighted by Gasteiger charge is -2.37. The van der Waals surface area contributed by atoms with Crippen LogP contribution in [-0.4, -0.2) is 64.9 Å². The van der Waals surface area contributed by atoms with E-state index >= 15 is 0 Å². The van der Waals surface area contributed by atoms with Crippen molar-refractivity contribution in [3.8, 4) is 0 Å². The highest BCUT2D eigenvalue weighted by atomic mass is 16.3. The molecule has 1 fully saturated rings. The summed E-state index contributed by atoms with van der Waals surface area (Å²) >= 11 is 0. The first-order valence-corrected chi connectivity index (χ1v) is 8.71. The van der Waals surface area contributed by atoms with Crippen molar-refractivity contribution in [2.75, 3.05) is 31.1 Å². The zero-order valence-corrected chi connectivity index (χ0v) is 14.4. The van der Waals surface area contributed by atoms with Crippen LogP contribution in [0.4, 0.5) is 10.5 Å². The molecule has 7 heteroatoms. The molecule has 0 radical (unpaired) electrons. The first-order valence-electron chi connectivity index (χ1n) is 8.71.